The molecule has 2 aromatic rings. The normalized spacial score (nSPS) is 10.4. The number of halogens is 2. The minimum absolute atomic E-state index is 0.269. The third-order valence-corrected chi connectivity index (χ3v) is 3.21. The highest BCUT2D eigenvalue weighted by atomic mass is 79.9. The first-order valence-electron chi connectivity index (χ1n) is 4.91. The summed E-state index contributed by atoms with van der Waals surface area (Å²) in [6, 6.07) is 3.26. The monoisotopic (exact) mass is 332 g/mol. The Morgan fingerprint density at radius 1 is 1.28 bits per heavy atom. The summed E-state index contributed by atoms with van der Waals surface area (Å²) in [6.45, 7) is 0. The Labute approximate surface area is 117 Å². The van der Waals surface area contributed by atoms with Crippen LogP contribution in [0.15, 0.2) is 21.1 Å². The standard InChI is InChI=1S/C11H10BrClN2O3/c1-16-10-5(12)3-6(13)9(11(10)17-2)7-4-8(14)15-18-7/h3-4H,1-2H3,(H2,14,15). The predicted molar refractivity (Wildman–Crippen MR) is 72.2 cm³/mol. The van der Waals surface area contributed by atoms with Gasteiger partial charge in [-0.25, -0.2) is 0 Å². The lowest BCUT2D eigenvalue weighted by Crippen LogP contribution is -1.95. The highest BCUT2D eigenvalue weighted by Crippen LogP contribution is 2.47. The van der Waals surface area contributed by atoms with Crippen LogP contribution in [0.2, 0.25) is 5.02 Å². The van der Waals surface area contributed by atoms with Gasteiger partial charge < -0.3 is 19.7 Å². The number of rotatable bonds is 3. The summed E-state index contributed by atoms with van der Waals surface area (Å²) in [4.78, 5) is 0. The molecular formula is C11H10BrClN2O3. The molecule has 0 aliphatic heterocycles. The average molecular weight is 334 g/mol. The van der Waals surface area contributed by atoms with Gasteiger partial charge in [0.2, 0.25) is 0 Å². The highest BCUT2D eigenvalue weighted by Gasteiger charge is 2.22. The van der Waals surface area contributed by atoms with E-state index in [9.17, 15) is 0 Å². The van der Waals surface area contributed by atoms with Gasteiger partial charge in [0.25, 0.3) is 0 Å². The average Bonchev–Trinajstić information content (AvgIpc) is 2.74. The lowest BCUT2D eigenvalue weighted by atomic mass is 10.1. The van der Waals surface area contributed by atoms with Crippen LogP contribution in [0.5, 0.6) is 11.5 Å². The van der Waals surface area contributed by atoms with Gasteiger partial charge in [0, 0.05) is 6.07 Å². The maximum atomic E-state index is 6.19. The molecule has 0 unspecified atom stereocenters. The molecule has 0 atom stereocenters. The zero-order chi connectivity index (χ0) is 13.3. The number of nitrogens with two attached hydrogens (primary N) is 1. The van der Waals surface area contributed by atoms with Crippen LogP contribution in [0.3, 0.4) is 0 Å². The minimum atomic E-state index is 0.269. The Balaban J connectivity index is 2.73. The van der Waals surface area contributed by atoms with Gasteiger partial charge in [0.1, 0.15) is 0 Å². The summed E-state index contributed by atoms with van der Waals surface area (Å²) in [5.74, 6) is 1.66. The van der Waals surface area contributed by atoms with Crippen LogP contribution >= 0.6 is 27.5 Å². The molecule has 0 spiro atoms. The minimum Gasteiger partial charge on any atom is -0.492 e. The number of nitrogens with zero attached hydrogens (tertiary/aromatic N) is 1. The van der Waals surface area contributed by atoms with Gasteiger partial charge >= 0.3 is 0 Å². The molecule has 0 radical (unpaired) electrons. The van der Waals surface area contributed by atoms with Crippen molar-refractivity contribution in [1.29, 1.82) is 0 Å². The second-order valence-electron chi connectivity index (χ2n) is 3.40. The maximum absolute atomic E-state index is 6.19. The first-order valence-corrected chi connectivity index (χ1v) is 6.08. The fourth-order valence-electron chi connectivity index (χ4n) is 1.60. The van der Waals surface area contributed by atoms with E-state index >= 15 is 0 Å². The van der Waals surface area contributed by atoms with Gasteiger partial charge in [-0.15, -0.1) is 0 Å². The van der Waals surface area contributed by atoms with Crippen LogP contribution in [0.1, 0.15) is 0 Å². The molecule has 0 amide bonds. The fourth-order valence-corrected chi connectivity index (χ4v) is 2.59. The molecule has 0 bridgehead atoms. The van der Waals surface area contributed by atoms with Crippen molar-refractivity contribution in [2.75, 3.05) is 20.0 Å². The first kappa shape index (κ1) is 13.0. The van der Waals surface area contributed by atoms with Gasteiger partial charge in [-0.1, -0.05) is 16.8 Å². The lowest BCUT2D eigenvalue weighted by Gasteiger charge is -2.14. The Morgan fingerprint density at radius 3 is 2.44 bits per heavy atom. The van der Waals surface area contributed by atoms with E-state index in [0.717, 1.165) is 0 Å². The summed E-state index contributed by atoms with van der Waals surface area (Å²) in [7, 11) is 3.05. The number of hydrogen-bond donors (Lipinski definition) is 1. The zero-order valence-electron chi connectivity index (χ0n) is 9.66. The molecular weight excluding hydrogens is 323 g/mol. The number of nitrogen functional groups attached to an aromatic ring is 1. The number of methoxy groups -OCH3 is 2. The van der Waals surface area contributed by atoms with Crippen LogP contribution in [0.4, 0.5) is 5.82 Å². The summed E-state index contributed by atoms with van der Waals surface area (Å²) in [6.07, 6.45) is 0. The van der Waals surface area contributed by atoms with Gasteiger partial charge in [0.15, 0.2) is 23.1 Å². The largest absolute Gasteiger partial charge is 0.492 e. The van der Waals surface area contributed by atoms with E-state index in [0.29, 0.717) is 32.3 Å². The van der Waals surface area contributed by atoms with E-state index < -0.39 is 0 Å². The van der Waals surface area contributed by atoms with Gasteiger partial charge in [-0.3, -0.25) is 0 Å². The highest BCUT2D eigenvalue weighted by molar-refractivity contribution is 9.10. The summed E-state index contributed by atoms with van der Waals surface area (Å²) >= 11 is 9.54. The molecule has 2 rings (SSSR count). The van der Waals surface area contributed by atoms with Gasteiger partial charge in [-0.2, -0.15) is 0 Å². The molecule has 1 aromatic carbocycles. The Morgan fingerprint density at radius 2 is 1.94 bits per heavy atom. The van der Waals surface area contributed by atoms with E-state index in [2.05, 4.69) is 21.1 Å². The van der Waals surface area contributed by atoms with Crippen molar-refractivity contribution in [2.24, 2.45) is 0 Å². The maximum Gasteiger partial charge on any atom is 0.175 e. The Bertz CT molecular complexity index is 586. The fraction of sp³-hybridized carbons (Fsp3) is 0.182. The van der Waals surface area contributed by atoms with E-state index in [4.69, 9.17) is 31.3 Å². The molecule has 2 N–H and O–H groups in total. The van der Waals surface area contributed by atoms with Crippen LogP contribution in [-0.2, 0) is 0 Å². The van der Waals surface area contributed by atoms with E-state index in [1.54, 1.807) is 12.1 Å². The van der Waals surface area contributed by atoms with Crippen molar-refractivity contribution in [1.82, 2.24) is 5.16 Å². The summed E-state index contributed by atoms with van der Waals surface area (Å²) < 4.78 is 16.4. The zero-order valence-corrected chi connectivity index (χ0v) is 12.0. The van der Waals surface area contributed by atoms with Crippen LogP contribution in [-0.4, -0.2) is 19.4 Å². The van der Waals surface area contributed by atoms with Crippen LogP contribution in [0.25, 0.3) is 11.3 Å². The second kappa shape index (κ2) is 5.07. The van der Waals surface area contributed by atoms with E-state index in [1.807, 2.05) is 0 Å². The molecule has 0 fully saturated rings. The molecule has 96 valence electrons. The quantitative estimate of drug-likeness (QED) is 0.932. The molecule has 1 aromatic heterocycles. The molecule has 5 nitrogen and oxygen atoms in total. The molecule has 1 heterocycles. The molecule has 18 heavy (non-hydrogen) atoms. The van der Waals surface area contributed by atoms with Crippen molar-refractivity contribution >= 4 is 33.3 Å². The van der Waals surface area contributed by atoms with Crippen molar-refractivity contribution in [2.45, 2.75) is 0 Å². The third kappa shape index (κ3) is 2.13. The van der Waals surface area contributed by atoms with Crippen molar-refractivity contribution in [3.05, 3.63) is 21.6 Å². The smallest absolute Gasteiger partial charge is 0.175 e. The number of hydrogen-bond acceptors (Lipinski definition) is 5. The molecule has 0 aliphatic carbocycles. The predicted octanol–water partition coefficient (Wildman–Crippen LogP) is 3.36. The third-order valence-electron chi connectivity index (χ3n) is 2.33. The molecule has 0 saturated heterocycles. The molecule has 0 saturated carbocycles. The summed E-state index contributed by atoms with van der Waals surface area (Å²) in [5, 5.41) is 4.06. The first-order chi connectivity index (χ1) is 8.58. The summed E-state index contributed by atoms with van der Waals surface area (Å²) in [5.41, 5.74) is 6.07. The van der Waals surface area contributed by atoms with Gasteiger partial charge in [0.05, 0.1) is 29.3 Å². The number of anilines is 1. The Kier molecular flexibility index (Phi) is 3.68. The van der Waals surface area contributed by atoms with Crippen LogP contribution in [0, 0.1) is 0 Å². The van der Waals surface area contributed by atoms with Crippen LogP contribution < -0.4 is 15.2 Å². The lowest BCUT2D eigenvalue weighted by molar-refractivity contribution is 0.352. The SMILES string of the molecule is COc1c(Br)cc(Cl)c(-c2cc(N)no2)c1OC. The molecule has 0 aliphatic rings. The molecule has 7 heteroatoms. The number of aromatic nitrogens is 1. The van der Waals surface area contributed by atoms with E-state index in [1.165, 1.54) is 14.2 Å². The van der Waals surface area contributed by atoms with E-state index in [-0.39, 0.29) is 5.82 Å². The topological polar surface area (TPSA) is 70.5 Å². The van der Waals surface area contributed by atoms with Crippen molar-refractivity contribution < 1.29 is 14.0 Å². The van der Waals surface area contributed by atoms with Crippen molar-refractivity contribution in [3.63, 3.8) is 0 Å². The second-order valence-corrected chi connectivity index (χ2v) is 4.66. The number of benzene rings is 1. The van der Waals surface area contributed by atoms with Crippen molar-refractivity contribution in [3.8, 4) is 22.8 Å². The number of ether oxygens (including phenoxy) is 2. The van der Waals surface area contributed by atoms with Gasteiger partial charge in [-0.05, 0) is 22.0 Å². The Hall–Kier alpha value is -1.40.